The minimum atomic E-state index is -0.291. The van der Waals surface area contributed by atoms with E-state index in [1.807, 2.05) is 17.6 Å². The lowest BCUT2D eigenvalue weighted by molar-refractivity contribution is 0.00578. The Morgan fingerprint density at radius 3 is 2.08 bits per heavy atom. The first-order chi connectivity index (χ1) is 12.2. The molecule has 136 valence electrons. The third-order valence-electron chi connectivity index (χ3n) is 4.48. The van der Waals surface area contributed by atoms with Crippen LogP contribution in [-0.4, -0.2) is 33.3 Å². The second-order valence-corrected chi connectivity index (χ2v) is 8.49. The van der Waals surface area contributed by atoms with E-state index >= 15 is 0 Å². The third-order valence-corrected chi connectivity index (χ3v) is 5.69. The highest BCUT2D eigenvalue weighted by Gasteiger charge is 2.51. The molecular weight excluding hydrogens is 392 g/mol. The minimum Gasteiger partial charge on any atom is -0.399 e. The molecule has 0 radical (unpaired) electrons. The highest BCUT2D eigenvalue weighted by Crippen LogP contribution is 2.36. The van der Waals surface area contributed by atoms with Crippen LogP contribution in [0.4, 0.5) is 0 Å². The fourth-order valence-electron chi connectivity index (χ4n) is 2.31. The summed E-state index contributed by atoms with van der Waals surface area (Å²) in [7, 11) is -0.290. The van der Waals surface area contributed by atoms with Gasteiger partial charge in [0.1, 0.15) is 16.6 Å². The molecule has 1 aromatic carbocycles. The maximum atomic E-state index is 6.04. The van der Waals surface area contributed by atoms with Crippen LogP contribution in [0.25, 0.3) is 10.2 Å². The van der Waals surface area contributed by atoms with E-state index < -0.39 is 0 Å². The topological polar surface area (TPSA) is 57.1 Å². The van der Waals surface area contributed by atoms with Gasteiger partial charge < -0.3 is 9.31 Å². The number of hydrogen-bond acceptors (Lipinski definition) is 6. The van der Waals surface area contributed by atoms with Gasteiger partial charge in [0.15, 0.2) is 0 Å². The molecule has 26 heavy (non-hydrogen) atoms. The summed E-state index contributed by atoms with van der Waals surface area (Å²) in [5, 5.41) is 0.731. The number of nitrogens with zero attached hydrogens (tertiary/aromatic N) is 3. The van der Waals surface area contributed by atoms with Crippen molar-refractivity contribution in [2.24, 2.45) is 0 Å². The Bertz CT molecular complexity index is 886. The first kappa shape index (κ1) is 19.5. The van der Waals surface area contributed by atoms with Crippen LogP contribution in [0.2, 0.25) is 10.3 Å². The Morgan fingerprint density at radius 2 is 1.54 bits per heavy atom. The van der Waals surface area contributed by atoms with Crippen molar-refractivity contribution in [3.05, 3.63) is 46.4 Å². The lowest BCUT2D eigenvalue weighted by Crippen LogP contribution is -2.41. The molecule has 1 saturated heterocycles. The predicted octanol–water partition coefficient (Wildman–Crippen LogP) is 4.38. The molecule has 1 fully saturated rings. The van der Waals surface area contributed by atoms with Gasteiger partial charge in [-0.15, -0.1) is 11.3 Å². The number of fused-ring (bicyclic) bond motifs is 1. The van der Waals surface area contributed by atoms with E-state index in [0.717, 1.165) is 11.0 Å². The summed E-state index contributed by atoms with van der Waals surface area (Å²) in [6.07, 6.45) is 1.31. The Balaban J connectivity index is 0.000000206. The lowest BCUT2D eigenvalue weighted by Gasteiger charge is -2.32. The van der Waals surface area contributed by atoms with Crippen LogP contribution in [0, 0.1) is 0 Å². The minimum absolute atomic E-state index is 0.290. The Kier molecular flexibility index (Phi) is 5.56. The molecule has 0 saturated carbocycles. The average molecular weight is 410 g/mol. The van der Waals surface area contributed by atoms with Gasteiger partial charge in [-0.1, -0.05) is 29.3 Å². The predicted molar refractivity (Wildman–Crippen MR) is 107 cm³/mol. The summed E-state index contributed by atoms with van der Waals surface area (Å²) in [6.45, 7) is 8.27. The van der Waals surface area contributed by atoms with E-state index in [0.29, 0.717) is 10.3 Å². The molecule has 1 aliphatic rings. The van der Waals surface area contributed by atoms with Crippen LogP contribution in [0.15, 0.2) is 36.1 Å². The summed E-state index contributed by atoms with van der Waals surface area (Å²) >= 11 is 12.5. The average Bonchev–Trinajstić information content (AvgIpc) is 3.09. The number of aromatic nitrogens is 3. The smallest absolute Gasteiger partial charge is 0.399 e. The van der Waals surface area contributed by atoms with Crippen LogP contribution in [0.1, 0.15) is 27.7 Å². The van der Waals surface area contributed by atoms with Crippen molar-refractivity contribution in [1.82, 2.24) is 15.0 Å². The Morgan fingerprint density at radius 1 is 0.923 bits per heavy atom. The van der Waals surface area contributed by atoms with E-state index in [9.17, 15) is 0 Å². The molecule has 1 aliphatic heterocycles. The van der Waals surface area contributed by atoms with Gasteiger partial charge >= 0.3 is 7.12 Å². The van der Waals surface area contributed by atoms with E-state index in [4.69, 9.17) is 32.5 Å². The molecule has 3 aromatic rings. The van der Waals surface area contributed by atoms with Crippen LogP contribution >= 0.6 is 34.5 Å². The van der Waals surface area contributed by atoms with Crippen molar-refractivity contribution in [3.63, 3.8) is 0 Å². The van der Waals surface area contributed by atoms with Crippen molar-refractivity contribution >= 4 is 57.3 Å². The molecular formula is C17H18BCl2N3O2S. The Labute approximate surface area is 166 Å². The van der Waals surface area contributed by atoms with Crippen molar-refractivity contribution in [2.45, 2.75) is 38.9 Å². The molecule has 0 amide bonds. The van der Waals surface area contributed by atoms with E-state index in [1.165, 1.54) is 17.1 Å². The second kappa shape index (κ2) is 7.41. The van der Waals surface area contributed by atoms with Crippen molar-refractivity contribution < 1.29 is 9.31 Å². The van der Waals surface area contributed by atoms with Crippen molar-refractivity contribution in [1.29, 1.82) is 0 Å². The number of benzene rings is 1. The van der Waals surface area contributed by atoms with E-state index in [2.05, 4.69) is 48.7 Å². The van der Waals surface area contributed by atoms with Gasteiger partial charge in [0, 0.05) is 6.07 Å². The summed E-state index contributed by atoms with van der Waals surface area (Å²) in [6, 6.07) is 7.63. The zero-order valence-corrected chi connectivity index (χ0v) is 17.2. The lowest BCUT2D eigenvalue weighted by atomic mass is 9.79. The summed E-state index contributed by atoms with van der Waals surface area (Å²) in [5.41, 5.74) is 3.37. The van der Waals surface area contributed by atoms with E-state index in [-0.39, 0.29) is 18.3 Å². The van der Waals surface area contributed by atoms with E-state index in [1.54, 1.807) is 11.3 Å². The van der Waals surface area contributed by atoms with Crippen molar-refractivity contribution in [3.8, 4) is 0 Å². The number of rotatable bonds is 1. The maximum Gasteiger partial charge on any atom is 0.494 e. The highest BCUT2D eigenvalue weighted by atomic mass is 35.5. The SMILES string of the molecule is CC1(C)OB(c2ccc3ncsc3c2)OC1(C)C.Clc1cc(Cl)ncn1. The molecule has 0 aliphatic carbocycles. The van der Waals surface area contributed by atoms with Gasteiger partial charge in [0.25, 0.3) is 0 Å². The van der Waals surface area contributed by atoms with Crippen LogP contribution in [0.5, 0.6) is 0 Å². The Hall–Kier alpha value is -1.25. The molecule has 0 spiro atoms. The molecule has 3 heterocycles. The highest BCUT2D eigenvalue weighted by molar-refractivity contribution is 7.16. The van der Waals surface area contributed by atoms with Crippen molar-refractivity contribution in [2.75, 3.05) is 0 Å². The van der Waals surface area contributed by atoms with Gasteiger partial charge in [-0.3, -0.25) is 0 Å². The first-order valence-electron chi connectivity index (χ1n) is 8.00. The van der Waals surface area contributed by atoms with Crippen LogP contribution in [-0.2, 0) is 9.31 Å². The van der Waals surface area contributed by atoms with Crippen LogP contribution < -0.4 is 5.46 Å². The summed E-state index contributed by atoms with van der Waals surface area (Å²) in [4.78, 5) is 11.5. The first-order valence-corrected chi connectivity index (χ1v) is 9.63. The van der Waals surface area contributed by atoms with Crippen LogP contribution in [0.3, 0.4) is 0 Å². The molecule has 2 aromatic heterocycles. The molecule has 0 N–H and O–H groups in total. The largest absolute Gasteiger partial charge is 0.494 e. The maximum absolute atomic E-state index is 6.04. The molecule has 0 unspecified atom stereocenters. The number of halogens is 2. The molecule has 4 rings (SSSR count). The third kappa shape index (κ3) is 4.18. The monoisotopic (exact) mass is 409 g/mol. The number of hydrogen-bond donors (Lipinski definition) is 0. The molecule has 0 bridgehead atoms. The molecule has 9 heteroatoms. The standard InChI is InChI=1S/C13H16BNO2S.C4H2Cl2N2/c1-12(2)13(3,4)17-14(16-12)9-5-6-10-11(7-9)18-8-15-10;5-3-1-4(6)8-2-7-3/h5-8H,1-4H3;1-2H. The molecule has 0 atom stereocenters. The molecule has 5 nitrogen and oxygen atoms in total. The van der Waals surface area contributed by atoms with Gasteiger partial charge in [0.05, 0.1) is 26.9 Å². The van der Waals surface area contributed by atoms with Gasteiger partial charge in [-0.25, -0.2) is 15.0 Å². The van der Waals surface area contributed by atoms with Gasteiger partial charge in [0.2, 0.25) is 0 Å². The zero-order chi connectivity index (χ0) is 18.9. The fraction of sp³-hybridized carbons (Fsp3) is 0.353. The summed E-state index contributed by atoms with van der Waals surface area (Å²) < 4.78 is 13.2. The van der Waals surface area contributed by atoms with Gasteiger partial charge in [-0.2, -0.15) is 0 Å². The van der Waals surface area contributed by atoms with Gasteiger partial charge in [-0.05, 0) is 45.3 Å². The quantitative estimate of drug-likeness (QED) is 0.440. The normalized spacial score (nSPS) is 17.8. The fourth-order valence-corrected chi connectivity index (χ4v) is 3.38. The summed E-state index contributed by atoms with van der Waals surface area (Å²) in [5.74, 6) is 0. The second-order valence-electron chi connectivity index (χ2n) is 6.83. The zero-order valence-electron chi connectivity index (χ0n) is 14.9. The number of thiazole rings is 1.